The van der Waals surface area contributed by atoms with E-state index in [-0.39, 0.29) is 17.9 Å². The summed E-state index contributed by atoms with van der Waals surface area (Å²) in [5.74, 6) is -0.362. The molecule has 2 aliphatic heterocycles. The molecule has 3 fully saturated rings. The van der Waals surface area contributed by atoms with Gasteiger partial charge in [-0.2, -0.15) is 0 Å². The molecule has 1 aromatic carbocycles. The van der Waals surface area contributed by atoms with E-state index < -0.39 is 5.41 Å². The largest absolute Gasteiger partial charge is 0.465 e. The topological polar surface area (TPSA) is 46.6 Å². The van der Waals surface area contributed by atoms with Crippen LogP contribution in [0.25, 0.3) is 0 Å². The molecule has 1 amide bonds. The van der Waals surface area contributed by atoms with Gasteiger partial charge in [0.05, 0.1) is 6.61 Å². The van der Waals surface area contributed by atoms with Crippen molar-refractivity contribution in [2.45, 2.75) is 45.2 Å². The maximum absolute atomic E-state index is 12.9. The smallest absolute Gasteiger partial charge is 0.321 e. The quantitative estimate of drug-likeness (QED) is 0.631. The second kappa shape index (κ2) is 5.51. The first-order chi connectivity index (χ1) is 10.2. The fourth-order valence-electron chi connectivity index (χ4n) is 3.60. The van der Waals surface area contributed by atoms with Gasteiger partial charge < -0.3 is 9.64 Å². The summed E-state index contributed by atoms with van der Waals surface area (Å²) >= 11 is 0. The minimum atomic E-state index is -0.917. The fourth-order valence-corrected chi connectivity index (χ4v) is 3.60. The molecule has 0 aromatic heterocycles. The van der Waals surface area contributed by atoms with Crippen LogP contribution in [0.2, 0.25) is 0 Å². The van der Waals surface area contributed by atoms with Gasteiger partial charge in [-0.15, -0.1) is 0 Å². The summed E-state index contributed by atoms with van der Waals surface area (Å²) in [5.41, 5.74) is 0.192. The predicted molar refractivity (Wildman–Crippen MR) is 78.3 cm³/mol. The lowest BCUT2D eigenvalue weighted by molar-refractivity contribution is -0.178. The van der Waals surface area contributed by atoms with Crippen LogP contribution in [-0.2, 0) is 20.9 Å². The van der Waals surface area contributed by atoms with E-state index in [1.807, 2.05) is 35.2 Å². The van der Waals surface area contributed by atoms with E-state index in [9.17, 15) is 9.59 Å². The second-order valence-corrected chi connectivity index (χ2v) is 5.95. The molecule has 4 nitrogen and oxygen atoms in total. The van der Waals surface area contributed by atoms with Crippen molar-refractivity contribution in [3.63, 3.8) is 0 Å². The third-order valence-corrected chi connectivity index (χ3v) is 4.78. The highest BCUT2D eigenvalue weighted by Gasteiger charge is 2.57. The van der Waals surface area contributed by atoms with Crippen molar-refractivity contribution >= 4 is 11.9 Å². The highest BCUT2D eigenvalue weighted by atomic mass is 16.5. The van der Waals surface area contributed by atoms with Gasteiger partial charge in [-0.05, 0) is 38.2 Å². The van der Waals surface area contributed by atoms with Crippen molar-refractivity contribution < 1.29 is 14.3 Å². The van der Waals surface area contributed by atoms with Crippen LogP contribution in [0.5, 0.6) is 0 Å². The van der Waals surface area contributed by atoms with E-state index in [1.165, 1.54) is 0 Å². The summed E-state index contributed by atoms with van der Waals surface area (Å²) in [5, 5.41) is 0. The minimum Gasteiger partial charge on any atom is -0.465 e. The summed E-state index contributed by atoms with van der Waals surface area (Å²) in [4.78, 5) is 27.1. The molecule has 2 saturated heterocycles. The van der Waals surface area contributed by atoms with Crippen LogP contribution >= 0.6 is 0 Å². The number of carbonyl (C=O) groups is 2. The number of carbonyl (C=O) groups excluding carboxylic acids is 2. The van der Waals surface area contributed by atoms with Gasteiger partial charge in [0.15, 0.2) is 0 Å². The zero-order valence-electron chi connectivity index (χ0n) is 12.4. The van der Waals surface area contributed by atoms with Gasteiger partial charge in [0.2, 0.25) is 5.91 Å². The highest BCUT2D eigenvalue weighted by molar-refractivity contribution is 6.04. The molecule has 0 atom stereocenters. The Bertz CT molecular complexity index is 532. The zero-order chi connectivity index (χ0) is 14.9. The molecule has 2 bridgehead atoms. The highest BCUT2D eigenvalue weighted by Crippen LogP contribution is 2.46. The molecule has 0 spiro atoms. The summed E-state index contributed by atoms with van der Waals surface area (Å²) in [6.45, 7) is 2.71. The summed E-state index contributed by atoms with van der Waals surface area (Å²) in [6, 6.07) is 10.2. The Hall–Kier alpha value is -1.84. The molecule has 2 heterocycles. The summed E-state index contributed by atoms with van der Waals surface area (Å²) in [7, 11) is 0. The van der Waals surface area contributed by atoms with Gasteiger partial charge >= 0.3 is 5.97 Å². The van der Waals surface area contributed by atoms with Crippen LogP contribution in [0.4, 0.5) is 0 Å². The van der Waals surface area contributed by atoms with Crippen LogP contribution in [0.1, 0.15) is 38.2 Å². The van der Waals surface area contributed by atoms with Crippen LogP contribution in [0, 0.1) is 5.41 Å². The summed E-state index contributed by atoms with van der Waals surface area (Å²) in [6.07, 6.45) is 3.08. The molecule has 1 aromatic rings. The van der Waals surface area contributed by atoms with Gasteiger partial charge in [-0.3, -0.25) is 9.59 Å². The van der Waals surface area contributed by atoms with Gasteiger partial charge in [0.1, 0.15) is 5.41 Å². The molecule has 1 saturated carbocycles. The number of piperidine rings is 2. The number of amides is 1. The average molecular weight is 287 g/mol. The maximum atomic E-state index is 12.9. The van der Waals surface area contributed by atoms with E-state index in [2.05, 4.69) is 0 Å². The van der Waals surface area contributed by atoms with Gasteiger partial charge in [-0.25, -0.2) is 0 Å². The molecule has 0 N–H and O–H groups in total. The van der Waals surface area contributed by atoms with Crippen LogP contribution in [-0.4, -0.2) is 29.4 Å². The molecule has 1 aliphatic carbocycles. The summed E-state index contributed by atoms with van der Waals surface area (Å²) < 4.78 is 5.18. The average Bonchev–Trinajstić information content (AvgIpc) is 2.52. The standard InChI is InChI=1S/C17H21NO3/c1-2-21-16(20)17-10-8-14(9-11-17)18(15(17)19)12-13-6-4-3-5-7-13/h3-7,14H,2,8-12H2,1H3. The normalized spacial score (nSPS) is 27.8. The molecule has 3 aliphatic rings. The van der Waals surface area contributed by atoms with Crippen LogP contribution in [0.3, 0.4) is 0 Å². The van der Waals surface area contributed by atoms with Crippen molar-refractivity contribution in [3.8, 4) is 0 Å². The lowest BCUT2D eigenvalue weighted by atomic mass is 9.67. The lowest BCUT2D eigenvalue weighted by Crippen LogP contribution is -2.61. The Morgan fingerprint density at radius 1 is 1.29 bits per heavy atom. The van der Waals surface area contributed by atoms with Crippen molar-refractivity contribution in [1.29, 1.82) is 0 Å². The Balaban J connectivity index is 1.83. The number of hydrogen-bond acceptors (Lipinski definition) is 3. The molecule has 0 unspecified atom stereocenters. The number of nitrogens with zero attached hydrogens (tertiary/aromatic N) is 1. The minimum absolute atomic E-state index is 0.0349. The van der Waals surface area contributed by atoms with E-state index in [0.29, 0.717) is 26.0 Å². The molecule has 0 radical (unpaired) electrons. The monoisotopic (exact) mass is 287 g/mol. The van der Waals surface area contributed by atoms with Gasteiger partial charge in [0.25, 0.3) is 0 Å². The second-order valence-electron chi connectivity index (χ2n) is 5.95. The van der Waals surface area contributed by atoms with Crippen molar-refractivity contribution in [2.24, 2.45) is 5.41 Å². The first-order valence-corrected chi connectivity index (χ1v) is 7.69. The molecule has 112 valence electrons. The van der Waals surface area contributed by atoms with Crippen molar-refractivity contribution in [1.82, 2.24) is 4.90 Å². The Morgan fingerprint density at radius 3 is 2.57 bits per heavy atom. The Kier molecular flexibility index (Phi) is 3.70. The molecular weight excluding hydrogens is 266 g/mol. The van der Waals surface area contributed by atoms with Crippen molar-refractivity contribution in [2.75, 3.05) is 6.61 Å². The predicted octanol–water partition coefficient (Wildman–Crippen LogP) is 2.52. The third kappa shape index (κ3) is 2.33. The number of benzene rings is 1. The lowest BCUT2D eigenvalue weighted by Gasteiger charge is -2.50. The molecule has 21 heavy (non-hydrogen) atoms. The number of fused-ring (bicyclic) bond motifs is 3. The number of rotatable bonds is 4. The Morgan fingerprint density at radius 2 is 1.95 bits per heavy atom. The molecule has 4 rings (SSSR count). The van der Waals surface area contributed by atoms with Crippen molar-refractivity contribution in [3.05, 3.63) is 35.9 Å². The third-order valence-electron chi connectivity index (χ3n) is 4.78. The Labute approximate surface area is 125 Å². The van der Waals surface area contributed by atoms with E-state index in [4.69, 9.17) is 4.74 Å². The number of hydrogen-bond donors (Lipinski definition) is 0. The SMILES string of the molecule is CCOC(=O)C12CCC(CC1)N(Cc1ccccc1)C2=O. The van der Waals surface area contributed by atoms with E-state index in [0.717, 1.165) is 18.4 Å². The van der Waals surface area contributed by atoms with Crippen LogP contribution < -0.4 is 0 Å². The first kappa shape index (κ1) is 14.1. The zero-order valence-corrected chi connectivity index (χ0v) is 12.4. The molecular formula is C17H21NO3. The number of ether oxygens (including phenoxy) is 1. The number of esters is 1. The van der Waals surface area contributed by atoms with Crippen LogP contribution in [0.15, 0.2) is 30.3 Å². The fraction of sp³-hybridized carbons (Fsp3) is 0.529. The molecule has 4 heteroatoms. The first-order valence-electron chi connectivity index (χ1n) is 7.69. The van der Waals surface area contributed by atoms with Gasteiger partial charge in [-0.1, -0.05) is 30.3 Å². The van der Waals surface area contributed by atoms with E-state index in [1.54, 1.807) is 6.92 Å². The van der Waals surface area contributed by atoms with Gasteiger partial charge in [0, 0.05) is 12.6 Å². The maximum Gasteiger partial charge on any atom is 0.321 e. The van der Waals surface area contributed by atoms with E-state index >= 15 is 0 Å².